The second-order valence-corrected chi connectivity index (χ2v) is 3.86. The number of hydrogen-bond acceptors (Lipinski definition) is 1. The molecule has 0 bridgehead atoms. The van der Waals surface area contributed by atoms with Gasteiger partial charge in [-0.15, -0.1) is 0 Å². The summed E-state index contributed by atoms with van der Waals surface area (Å²) in [4.78, 5) is 0. The molecule has 1 aromatic carbocycles. The average molecular weight is 246 g/mol. The third kappa shape index (κ3) is 2.51. The summed E-state index contributed by atoms with van der Waals surface area (Å²) in [6, 6.07) is 3.67. The first-order valence-corrected chi connectivity index (χ1v) is 5.04. The average Bonchev–Trinajstić information content (AvgIpc) is 2.12. The normalized spacial score (nSPS) is 10.5. The molecule has 0 atom stereocenters. The van der Waals surface area contributed by atoms with E-state index >= 15 is 0 Å². The van der Waals surface area contributed by atoms with Gasteiger partial charge >= 0.3 is 0 Å². The summed E-state index contributed by atoms with van der Waals surface area (Å²) >= 11 is 3.34. The van der Waals surface area contributed by atoms with Crippen molar-refractivity contribution in [2.75, 3.05) is 13.6 Å². The van der Waals surface area contributed by atoms with E-state index in [1.165, 1.54) is 0 Å². The van der Waals surface area contributed by atoms with Gasteiger partial charge in [0, 0.05) is 10.0 Å². The Morgan fingerprint density at radius 3 is 2.77 bits per heavy atom. The molecule has 1 N–H and O–H groups in total. The molecule has 0 amide bonds. The second-order valence-electron chi connectivity index (χ2n) is 3.01. The monoisotopic (exact) mass is 245 g/mol. The van der Waals surface area contributed by atoms with E-state index in [-0.39, 0.29) is 5.82 Å². The van der Waals surface area contributed by atoms with Crippen LogP contribution in [-0.4, -0.2) is 13.6 Å². The van der Waals surface area contributed by atoms with Crippen LogP contribution in [0.4, 0.5) is 4.39 Å². The van der Waals surface area contributed by atoms with Crippen molar-refractivity contribution < 1.29 is 4.39 Å². The molecule has 1 nitrogen and oxygen atoms in total. The minimum absolute atomic E-state index is 0.0929. The Balaban J connectivity index is 2.96. The van der Waals surface area contributed by atoms with E-state index in [9.17, 15) is 4.39 Å². The van der Waals surface area contributed by atoms with Gasteiger partial charge in [-0.3, -0.25) is 0 Å². The first kappa shape index (κ1) is 10.7. The van der Waals surface area contributed by atoms with Gasteiger partial charge in [0.2, 0.25) is 0 Å². The van der Waals surface area contributed by atoms with Gasteiger partial charge in [0.1, 0.15) is 5.82 Å². The Hall–Kier alpha value is -0.410. The van der Waals surface area contributed by atoms with Crippen LogP contribution < -0.4 is 5.32 Å². The van der Waals surface area contributed by atoms with Gasteiger partial charge in [-0.05, 0) is 38.6 Å². The van der Waals surface area contributed by atoms with Crippen LogP contribution in [0.15, 0.2) is 16.6 Å². The minimum atomic E-state index is -0.0929. The van der Waals surface area contributed by atoms with Gasteiger partial charge in [-0.2, -0.15) is 0 Å². The van der Waals surface area contributed by atoms with Crippen molar-refractivity contribution in [3.05, 3.63) is 33.5 Å². The Morgan fingerprint density at radius 2 is 2.15 bits per heavy atom. The SMILES string of the molecule is CNCCc1c(Br)ccc(C)c1F. The van der Waals surface area contributed by atoms with Gasteiger partial charge in [0.05, 0.1) is 0 Å². The molecule has 0 aliphatic rings. The number of hydrogen-bond donors (Lipinski definition) is 1. The predicted molar refractivity (Wildman–Crippen MR) is 56.5 cm³/mol. The highest BCUT2D eigenvalue weighted by molar-refractivity contribution is 9.10. The summed E-state index contributed by atoms with van der Waals surface area (Å²) in [5, 5.41) is 3.00. The zero-order chi connectivity index (χ0) is 9.84. The summed E-state index contributed by atoms with van der Waals surface area (Å²) in [6.45, 7) is 2.57. The largest absolute Gasteiger partial charge is 0.319 e. The molecular formula is C10H13BrFN. The summed E-state index contributed by atoms with van der Waals surface area (Å²) < 4.78 is 14.4. The van der Waals surface area contributed by atoms with Crippen molar-refractivity contribution in [1.29, 1.82) is 0 Å². The van der Waals surface area contributed by atoms with Crippen molar-refractivity contribution in [2.24, 2.45) is 0 Å². The maximum atomic E-state index is 13.5. The molecule has 0 radical (unpaired) electrons. The van der Waals surface area contributed by atoms with E-state index < -0.39 is 0 Å². The molecule has 13 heavy (non-hydrogen) atoms. The topological polar surface area (TPSA) is 12.0 Å². The standard InChI is InChI=1S/C10H13BrFN/c1-7-3-4-9(11)8(10(7)12)5-6-13-2/h3-4,13H,5-6H2,1-2H3. The zero-order valence-electron chi connectivity index (χ0n) is 7.82. The van der Waals surface area contributed by atoms with Crippen LogP contribution in [-0.2, 0) is 6.42 Å². The lowest BCUT2D eigenvalue weighted by atomic mass is 10.1. The van der Waals surface area contributed by atoms with E-state index in [0.717, 1.165) is 16.6 Å². The Morgan fingerprint density at radius 1 is 1.46 bits per heavy atom. The van der Waals surface area contributed by atoms with Crippen molar-refractivity contribution >= 4 is 15.9 Å². The van der Waals surface area contributed by atoms with Crippen LogP contribution in [0.3, 0.4) is 0 Å². The third-order valence-corrected chi connectivity index (χ3v) is 2.75. The lowest BCUT2D eigenvalue weighted by molar-refractivity contribution is 0.594. The highest BCUT2D eigenvalue weighted by Gasteiger charge is 2.08. The van der Waals surface area contributed by atoms with E-state index in [2.05, 4.69) is 21.2 Å². The first-order chi connectivity index (χ1) is 6.16. The molecule has 3 heteroatoms. The Kier molecular flexibility index (Phi) is 3.88. The van der Waals surface area contributed by atoms with Crippen LogP contribution >= 0.6 is 15.9 Å². The van der Waals surface area contributed by atoms with Crippen molar-refractivity contribution in [3.63, 3.8) is 0 Å². The molecule has 0 unspecified atom stereocenters. The molecule has 1 rings (SSSR count). The van der Waals surface area contributed by atoms with Crippen molar-refractivity contribution in [1.82, 2.24) is 5.32 Å². The maximum absolute atomic E-state index is 13.5. The number of aryl methyl sites for hydroxylation is 1. The van der Waals surface area contributed by atoms with Crippen LogP contribution in [0.2, 0.25) is 0 Å². The third-order valence-electron chi connectivity index (χ3n) is 2.00. The van der Waals surface area contributed by atoms with Crippen LogP contribution in [0.25, 0.3) is 0 Å². The fourth-order valence-electron chi connectivity index (χ4n) is 1.19. The molecule has 0 aromatic heterocycles. The smallest absolute Gasteiger partial charge is 0.130 e. The summed E-state index contributed by atoms with van der Waals surface area (Å²) in [6.07, 6.45) is 0.713. The van der Waals surface area contributed by atoms with E-state index in [4.69, 9.17) is 0 Å². The Labute approximate surface area is 86.5 Å². The first-order valence-electron chi connectivity index (χ1n) is 4.25. The summed E-state index contributed by atoms with van der Waals surface area (Å²) in [7, 11) is 1.86. The molecule has 0 fully saturated rings. The minimum Gasteiger partial charge on any atom is -0.319 e. The fourth-order valence-corrected chi connectivity index (χ4v) is 1.70. The van der Waals surface area contributed by atoms with Gasteiger partial charge in [-0.25, -0.2) is 4.39 Å². The van der Waals surface area contributed by atoms with Gasteiger partial charge in [0.15, 0.2) is 0 Å². The lowest BCUT2D eigenvalue weighted by Crippen LogP contribution is -2.12. The fraction of sp³-hybridized carbons (Fsp3) is 0.400. The van der Waals surface area contributed by atoms with Crippen molar-refractivity contribution in [3.8, 4) is 0 Å². The molecular weight excluding hydrogens is 233 g/mol. The predicted octanol–water partition coefficient (Wildman–Crippen LogP) is 2.66. The molecule has 1 aromatic rings. The van der Waals surface area contributed by atoms with Crippen LogP contribution in [0.5, 0.6) is 0 Å². The van der Waals surface area contributed by atoms with Crippen LogP contribution in [0.1, 0.15) is 11.1 Å². The van der Waals surface area contributed by atoms with Gasteiger partial charge < -0.3 is 5.32 Å². The maximum Gasteiger partial charge on any atom is 0.130 e. The molecule has 0 saturated heterocycles. The highest BCUT2D eigenvalue weighted by atomic mass is 79.9. The van der Waals surface area contributed by atoms with Crippen LogP contribution in [0, 0.1) is 12.7 Å². The number of benzene rings is 1. The van der Waals surface area contributed by atoms with E-state index in [0.29, 0.717) is 12.0 Å². The number of nitrogens with one attached hydrogen (secondary N) is 1. The zero-order valence-corrected chi connectivity index (χ0v) is 9.41. The quantitative estimate of drug-likeness (QED) is 0.864. The number of halogens is 2. The number of likely N-dealkylation sites (N-methyl/N-ethyl adjacent to an activating group) is 1. The van der Waals surface area contributed by atoms with Gasteiger partial charge in [0.25, 0.3) is 0 Å². The highest BCUT2D eigenvalue weighted by Crippen LogP contribution is 2.22. The molecule has 72 valence electrons. The molecule has 0 spiro atoms. The Bertz CT molecular complexity index is 299. The summed E-state index contributed by atoms with van der Waals surface area (Å²) in [5.41, 5.74) is 1.46. The van der Waals surface area contributed by atoms with E-state index in [1.807, 2.05) is 13.1 Å². The molecule has 0 aliphatic carbocycles. The van der Waals surface area contributed by atoms with Gasteiger partial charge in [-0.1, -0.05) is 22.0 Å². The van der Waals surface area contributed by atoms with E-state index in [1.54, 1.807) is 13.0 Å². The molecule has 0 heterocycles. The molecule has 0 aliphatic heterocycles. The summed E-state index contributed by atoms with van der Waals surface area (Å²) in [5.74, 6) is -0.0929. The lowest BCUT2D eigenvalue weighted by Gasteiger charge is -2.07. The van der Waals surface area contributed by atoms with Crippen molar-refractivity contribution in [2.45, 2.75) is 13.3 Å². The number of rotatable bonds is 3. The second kappa shape index (κ2) is 4.72. The molecule has 0 saturated carbocycles.